The summed E-state index contributed by atoms with van der Waals surface area (Å²) in [5.41, 5.74) is 1.87. The van der Waals surface area contributed by atoms with Crippen LogP contribution in [0.15, 0.2) is 53.4 Å². The largest absolute Gasteiger partial charge is 0.326 e. The van der Waals surface area contributed by atoms with E-state index >= 15 is 0 Å². The lowest BCUT2D eigenvalue weighted by atomic mass is 10.2. The van der Waals surface area contributed by atoms with E-state index in [0.29, 0.717) is 0 Å². The number of thioether (sulfide) groups is 1. The van der Waals surface area contributed by atoms with Gasteiger partial charge in [0.2, 0.25) is 5.91 Å². The fourth-order valence-electron chi connectivity index (χ4n) is 1.59. The predicted octanol–water partition coefficient (Wildman–Crippen LogP) is 4.08. The van der Waals surface area contributed by atoms with Crippen LogP contribution < -0.4 is 5.32 Å². The third-order valence-corrected chi connectivity index (χ3v) is 3.58. The van der Waals surface area contributed by atoms with Gasteiger partial charge in [-0.3, -0.25) is 4.79 Å². The Kier molecular flexibility index (Phi) is 4.58. The van der Waals surface area contributed by atoms with Crippen LogP contribution in [0.2, 0.25) is 0 Å². The average molecular weight is 275 g/mol. The minimum Gasteiger partial charge on any atom is -0.326 e. The van der Waals surface area contributed by atoms with Crippen LogP contribution in [0.4, 0.5) is 10.1 Å². The Balaban J connectivity index is 1.92. The number of carbonyl (C=O) groups excluding carboxylic acids is 1. The van der Waals surface area contributed by atoms with Crippen LogP contribution in [0, 0.1) is 5.82 Å². The SMILES string of the molecule is CC(=O)Nc1ccc(SCc2ccc(F)cc2)cc1. The maximum atomic E-state index is 12.8. The van der Waals surface area contributed by atoms with Gasteiger partial charge in [-0.15, -0.1) is 11.8 Å². The zero-order valence-corrected chi connectivity index (χ0v) is 11.3. The highest BCUT2D eigenvalue weighted by atomic mass is 32.2. The smallest absolute Gasteiger partial charge is 0.221 e. The molecule has 4 heteroatoms. The highest BCUT2D eigenvalue weighted by molar-refractivity contribution is 7.98. The summed E-state index contributed by atoms with van der Waals surface area (Å²) in [5, 5.41) is 2.72. The first kappa shape index (κ1) is 13.6. The molecule has 0 aromatic heterocycles. The van der Waals surface area contributed by atoms with Crippen LogP contribution in [0.1, 0.15) is 12.5 Å². The molecule has 0 aliphatic rings. The minimum atomic E-state index is -0.214. The molecule has 0 fully saturated rings. The monoisotopic (exact) mass is 275 g/mol. The fraction of sp³-hybridized carbons (Fsp3) is 0.133. The van der Waals surface area contributed by atoms with Crippen LogP contribution in [-0.2, 0) is 10.5 Å². The van der Waals surface area contributed by atoms with Crippen molar-refractivity contribution in [3.63, 3.8) is 0 Å². The van der Waals surface area contributed by atoms with Crippen LogP contribution in [0.5, 0.6) is 0 Å². The molecule has 0 radical (unpaired) electrons. The Bertz CT molecular complexity index is 551. The van der Waals surface area contributed by atoms with Gasteiger partial charge in [-0.2, -0.15) is 0 Å². The Hall–Kier alpha value is -1.81. The van der Waals surface area contributed by atoms with Crippen molar-refractivity contribution in [2.75, 3.05) is 5.32 Å². The number of carbonyl (C=O) groups is 1. The summed E-state index contributed by atoms with van der Waals surface area (Å²) in [6, 6.07) is 14.2. The molecule has 0 bridgehead atoms. The predicted molar refractivity (Wildman–Crippen MR) is 76.7 cm³/mol. The quantitative estimate of drug-likeness (QED) is 0.852. The summed E-state index contributed by atoms with van der Waals surface area (Å²) >= 11 is 1.67. The van der Waals surface area contributed by atoms with Crippen LogP contribution in [0.3, 0.4) is 0 Å². The van der Waals surface area contributed by atoms with Gasteiger partial charge in [-0.1, -0.05) is 12.1 Å². The fourth-order valence-corrected chi connectivity index (χ4v) is 2.44. The molecule has 0 spiro atoms. The summed E-state index contributed by atoms with van der Waals surface area (Å²) in [6.45, 7) is 1.48. The Morgan fingerprint density at radius 3 is 2.32 bits per heavy atom. The Morgan fingerprint density at radius 2 is 1.74 bits per heavy atom. The van der Waals surface area contributed by atoms with E-state index in [1.165, 1.54) is 19.1 Å². The molecule has 0 heterocycles. The number of amides is 1. The van der Waals surface area contributed by atoms with E-state index in [1.807, 2.05) is 24.3 Å². The molecule has 2 rings (SSSR count). The summed E-state index contributed by atoms with van der Waals surface area (Å²) in [7, 11) is 0. The van der Waals surface area contributed by atoms with Gasteiger partial charge >= 0.3 is 0 Å². The molecular weight excluding hydrogens is 261 g/mol. The number of nitrogens with one attached hydrogen (secondary N) is 1. The first-order valence-corrected chi connectivity index (χ1v) is 6.87. The molecule has 1 amide bonds. The summed E-state index contributed by atoms with van der Waals surface area (Å²) in [4.78, 5) is 12.0. The van der Waals surface area contributed by atoms with Gasteiger partial charge in [0.15, 0.2) is 0 Å². The first-order valence-electron chi connectivity index (χ1n) is 5.88. The van der Waals surface area contributed by atoms with E-state index < -0.39 is 0 Å². The second kappa shape index (κ2) is 6.38. The third kappa shape index (κ3) is 4.41. The lowest BCUT2D eigenvalue weighted by Gasteiger charge is -2.05. The minimum absolute atomic E-state index is 0.0771. The van der Waals surface area contributed by atoms with E-state index in [-0.39, 0.29) is 11.7 Å². The molecule has 0 aliphatic carbocycles. The lowest BCUT2D eigenvalue weighted by molar-refractivity contribution is -0.114. The zero-order chi connectivity index (χ0) is 13.7. The molecule has 1 N–H and O–H groups in total. The van der Waals surface area contributed by atoms with Gasteiger partial charge in [-0.25, -0.2) is 4.39 Å². The average Bonchev–Trinajstić information content (AvgIpc) is 2.39. The number of benzene rings is 2. The second-order valence-electron chi connectivity index (χ2n) is 4.12. The number of rotatable bonds is 4. The molecular formula is C15H14FNOS. The van der Waals surface area contributed by atoms with E-state index in [9.17, 15) is 9.18 Å². The van der Waals surface area contributed by atoms with Crippen molar-refractivity contribution in [1.29, 1.82) is 0 Å². The van der Waals surface area contributed by atoms with E-state index in [1.54, 1.807) is 23.9 Å². The first-order chi connectivity index (χ1) is 9.13. The Labute approximate surface area is 116 Å². The molecule has 2 aromatic rings. The van der Waals surface area contributed by atoms with Crippen LogP contribution >= 0.6 is 11.8 Å². The maximum absolute atomic E-state index is 12.8. The molecule has 0 unspecified atom stereocenters. The van der Waals surface area contributed by atoms with Crippen molar-refractivity contribution in [2.45, 2.75) is 17.6 Å². The van der Waals surface area contributed by atoms with E-state index in [0.717, 1.165) is 21.9 Å². The van der Waals surface area contributed by atoms with Gasteiger partial charge < -0.3 is 5.32 Å². The van der Waals surface area contributed by atoms with Crippen molar-refractivity contribution < 1.29 is 9.18 Å². The van der Waals surface area contributed by atoms with Crippen LogP contribution in [0.25, 0.3) is 0 Å². The number of halogens is 1. The normalized spacial score (nSPS) is 10.2. The molecule has 19 heavy (non-hydrogen) atoms. The van der Waals surface area contributed by atoms with Crippen molar-refractivity contribution in [1.82, 2.24) is 0 Å². The second-order valence-corrected chi connectivity index (χ2v) is 5.17. The molecule has 0 saturated carbocycles. The standard InChI is InChI=1S/C15H14FNOS/c1-11(18)17-14-6-8-15(9-7-14)19-10-12-2-4-13(16)5-3-12/h2-9H,10H2,1H3,(H,17,18). The van der Waals surface area contributed by atoms with Gasteiger partial charge in [0.1, 0.15) is 5.82 Å². The van der Waals surface area contributed by atoms with E-state index in [2.05, 4.69) is 5.32 Å². The number of anilines is 1. The molecule has 0 atom stereocenters. The van der Waals surface area contributed by atoms with Gasteiger partial charge in [0.05, 0.1) is 0 Å². The van der Waals surface area contributed by atoms with Crippen molar-refractivity contribution in [3.8, 4) is 0 Å². The molecule has 98 valence electrons. The molecule has 0 aliphatic heterocycles. The summed E-state index contributed by atoms with van der Waals surface area (Å²) in [5.74, 6) is 0.500. The highest BCUT2D eigenvalue weighted by Gasteiger charge is 1.99. The van der Waals surface area contributed by atoms with Gasteiger partial charge in [-0.05, 0) is 42.0 Å². The highest BCUT2D eigenvalue weighted by Crippen LogP contribution is 2.24. The zero-order valence-electron chi connectivity index (χ0n) is 10.5. The van der Waals surface area contributed by atoms with Crippen LogP contribution in [-0.4, -0.2) is 5.91 Å². The summed E-state index contributed by atoms with van der Waals surface area (Å²) < 4.78 is 12.8. The van der Waals surface area contributed by atoms with Gasteiger partial charge in [0.25, 0.3) is 0 Å². The number of hydrogen-bond donors (Lipinski definition) is 1. The molecule has 0 saturated heterocycles. The van der Waals surface area contributed by atoms with Crippen molar-refractivity contribution in [2.24, 2.45) is 0 Å². The maximum Gasteiger partial charge on any atom is 0.221 e. The van der Waals surface area contributed by atoms with Crippen molar-refractivity contribution in [3.05, 3.63) is 59.9 Å². The molecule has 2 aromatic carbocycles. The topological polar surface area (TPSA) is 29.1 Å². The summed E-state index contributed by atoms with van der Waals surface area (Å²) in [6.07, 6.45) is 0. The van der Waals surface area contributed by atoms with Gasteiger partial charge in [0, 0.05) is 23.3 Å². The third-order valence-electron chi connectivity index (χ3n) is 2.49. The lowest BCUT2D eigenvalue weighted by Crippen LogP contribution is -2.05. The number of hydrogen-bond acceptors (Lipinski definition) is 2. The van der Waals surface area contributed by atoms with Crippen molar-refractivity contribution >= 4 is 23.4 Å². The Morgan fingerprint density at radius 1 is 1.11 bits per heavy atom. The van der Waals surface area contributed by atoms with E-state index in [4.69, 9.17) is 0 Å². The molecule has 2 nitrogen and oxygen atoms in total.